The van der Waals surface area contributed by atoms with Crippen molar-refractivity contribution in [3.63, 3.8) is 0 Å². The van der Waals surface area contributed by atoms with Crippen molar-refractivity contribution in [1.29, 1.82) is 0 Å². The maximum atomic E-state index is 10.4. The highest BCUT2D eigenvalue weighted by Gasteiger charge is 2.12. The molecule has 0 radical (unpaired) electrons. The summed E-state index contributed by atoms with van der Waals surface area (Å²) in [5.74, 6) is 0. The molecule has 1 aromatic carbocycles. The summed E-state index contributed by atoms with van der Waals surface area (Å²) in [5.41, 5.74) is 2.73. The van der Waals surface area contributed by atoms with Crippen molar-refractivity contribution >= 4 is 11.6 Å². The summed E-state index contributed by atoms with van der Waals surface area (Å²) >= 11 is 5.96. The van der Waals surface area contributed by atoms with Crippen LogP contribution in [0.5, 0.6) is 0 Å². The molecule has 1 atom stereocenters. The molecule has 1 N–H and O–H groups in total. The Hall–Kier alpha value is -2.17. The Balaban J connectivity index is 1.85. The average molecular weight is 300 g/mol. The van der Waals surface area contributed by atoms with E-state index in [0.717, 1.165) is 16.8 Å². The van der Waals surface area contributed by atoms with Gasteiger partial charge in [-0.05, 0) is 35.9 Å². The molecule has 0 amide bonds. The molecular formula is C16H14ClN3O. The second-order valence-electron chi connectivity index (χ2n) is 4.71. The monoisotopic (exact) mass is 299 g/mol. The number of nitrogens with zero attached hydrogens (tertiary/aromatic N) is 3. The molecule has 0 fully saturated rings. The van der Waals surface area contributed by atoms with Crippen LogP contribution >= 0.6 is 11.6 Å². The van der Waals surface area contributed by atoms with Gasteiger partial charge in [-0.25, -0.2) is 0 Å². The van der Waals surface area contributed by atoms with Crippen LogP contribution in [0, 0.1) is 0 Å². The van der Waals surface area contributed by atoms with E-state index >= 15 is 0 Å². The molecule has 106 valence electrons. The summed E-state index contributed by atoms with van der Waals surface area (Å²) in [6, 6.07) is 13.0. The van der Waals surface area contributed by atoms with Gasteiger partial charge in [0.25, 0.3) is 0 Å². The topological polar surface area (TPSA) is 50.9 Å². The number of benzene rings is 1. The van der Waals surface area contributed by atoms with Crippen LogP contribution in [0.1, 0.15) is 11.7 Å². The van der Waals surface area contributed by atoms with E-state index in [9.17, 15) is 5.11 Å². The van der Waals surface area contributed by atoms with Gasteiger partial charge >= 0.3 is 0 Å². The molecule has 2 heterocycles. The van der Waals surface area contributed by atoms with Crippen molar-refractivity contribution in [3.05, 3.63) is 71.6 Å². The lowest BCUT2D eigenvalue weighted by Crippen LogP contribution is -2.11. The van der Waals surface area contributed by atoms with Crippen LogP contribution in [0.3, 0.4) is 0 Å². The molecule has 0 aliphatic carbocycles. The van der Waals surface area contributed by atoms with Gasteiger partial charge in [0, 0.05) is 29.2 Å². The first-order valence-electron chi connectivity index (χ1n) is 6.60. The highest BCUT2D eigenvalue weighted by atomic mass is 35.5. The van der Waals surface area contributed by atoms with Crippen LogP contribution in [0.4, 0.5) is 0 Å². The third-order valence-corrected chi connectivity index (χ3v) is 3.51. The third kappa shape index (κ3) is 3.12. The van der Waals surface area contributed by atoms with Gasteiger partial charge in [0.1, 0.15) is 0 Å². The van der Waals surface area contributed by atoms with Gasteiger partial charge in [-0.15, -0.1) is 0 Å². The molecule has 4 nitrogen and oxygen atoms in total. The number of aliphatic hydroxyl groups excluding tert-OH is 1. The summed E-state index contributed by atoms with van der Waals surface area (Å²) in [5, 5.41) is 15.3. The Bertz CT molecular complexity index is 727. The van der Waals surface area contributed by atoms with Crippen molar-refractivity contribution in [3.8, 4) is 11.3 Å². The number of rotatable bonds is 4. The van der Waals surface area contributed by atoms with E-state index in [1.807, 2.05) is 30.3 Å². The second-order valence-corrected chi connectivity index (χ2v) is 5.14. The quantitative estimate of drug-likeness (QED) is 0.804. The van der Waals surface area contributed by atoms with Gasteiger partial charge in [-0.2, -0.15) is 5.10 Å². The zero-order valence-corrected chi connectivity index (χ0v) is 12.0. The molecule has 0 aliphatic heterocycles. The first-order chi connectivity index (χ1) is 10.2. The Morgan fingerprint density at radius 3 is 2.67 bits per heavy atom. The zero-order valence-electron chi connectivity index (χ0n) is 11.2. The van der Waals surface area contributed by atoms with E-state index in [2.05, 4.69) is 10.1 Å². The van der Waals surface area contributed by atoms with Crippen molar-refractivity contribution in [2.24, 2.45) is 0 Å². The minimum atomic E-state index is -0.663. The maximum absolute atomic E-state index is 10.4. The fraction of sp³-hybridized carbons (Fsp3) is 0.125. The molecule has 21 heavy (non-hydrogen) atoms. The molecule has 0 spiro atoms. The van der Waals surface area contributed by atoms with Gasteiger partial charge in [0.05, 0.1) is 18.3 Å². The van der Waals surface area contributed by atoms with Crippen LogP contribution in [0.15, 0.2) is 61.1 Å². The predicted molar refractivity (Wildman–Crippen MR) is 81.9 cm³/mol. The molecule has 5 heteroatoms. The van der Waals surface area contributed by atoms with Crippen molar-refractivity contribution in [2.45, 2.75) is 12.6 Å². The fourth-order valence-electron chi connectivity index (χ4n) is 2.23. The zero-order chi connectivity index (χ0) is 14.7. The summed E-state index contributed by atoms with van der Waals surface area (Å²) in [6.45, 7) is 0.366. The second kappa shape index (κ2) is 6.08. The van der Waals surface area contributed by atoms with Crippen LogP contribution in [-0.4, -0.2) is 19.9 Å². The Morgan fingerprint density at radius 2 is 1.90 bits per heavy atom. The predicted octanol–water partition coefficient (Wildman–Crippen LogP) is 3.33. The Morgan fingerprint density at radius 1 is 1.10 bits per heavy atom. The van der Waals surface area contributed by atoms with Gasteiger partial charge in [-0.1, -0.05) is 23.7 Å². The first-order valence-corrected chi connectivity index (χ1v) is 6.97. The standard InChI is InChI=1S/C16H14ClN3O/c17-14-3-1-2-13(10-14)16(21)11-20-15(6-9-19-20)12-4-7-18-8-5-12/h1-10,16,21H,11H2/t16-/m0/s1. The van der Waals surface area contributed by atoms with Gasteiger partial charge in [0.15, 0.2) is 0 Å². The van der Waals surface area contributed by atoms with E-state index in [1.165, 1.54) is 0 Å². The molecule has 3 rings (SSSR count). The lowest BCUT2D eigenvalue weighted by atomic mass is 10.1. The van der Waals surface area contributed by atoms with Crippen molar-refractivity contribution in [2.75, 3.05) is 0 Å². The van der Waals surface area contributed by atoms with E-state index in [4.69, 9.17) is 11.6 Å². The molecule has 0 bridgehead atoms. The van der Waals surface area contributed by atoms with Crippen LogP contribution in [0.25, 0.3) is 11.3 Å². The summed E-state index contributed by atoms with van der Waals surface area (Å²) in [6.07, 6.45) is 4.53. The van der Waals surface area contributed by atoms with Crippen molar-refractivity contribution in [1.82, 2.24) is 14.8 Å². The fourth-order valence-corrected chi connectivity index (χ4v) is 2.43. The summed E-state index contributed by atoms with van der Waals surface area (Å²) in [7, 11) is 0. The molecule has 3 aromatic rings. The number of aromatic nitrogens is 3. The maximum Gasteiger partial charge on any atom is 0.0986 e. The third-order valence-electron chi connectivity index (χ3n) is 3.27. The number of pyridine rings is 1. The van der Waals surface area contributed by atoms with Crippen LogP contribution in [-0.2, 0) is 6.54 Å². The largest absolute Gasteiger partial charge is 0.386 e. The highest BCUT2D eigenvalue weighted by molar-refractivity contribution is 6.30. The Labute approximate surface area is 127 Å². The van der Waals surface area contributed by atoms with Gasteiger partial charge in [-0.3, -0.25) is 9.67 Å². The van der Waals surface area contributed by atoms with Crippen molar-refractivity contribution < 1.29 is 5.11 Å². The number of halogens is 1. The molecule has 0 saturated heterocycles. The first kappa shape index (κ1) is 13.8. The lowest BCUT2D eigenvalue weighted by molar-refractivity contribution is 0.152. The Kier molecular flexibility index (Phi) is 3.99. The minimum absolute atomic E-state index is 0.366. The smallest absolute Gasteiger partial charge is 0.0986 e. The molecule has 2 aromatic heterocycles. The molecule has 0 aliphatic rings. The number of hydrogen-bond acceptors (Lipinski definition) is 3. The number of aliphatic hydroxyl groups is 1. The van der Waals surface area contributed by atoms with E-state index in [-0.39, 0.29) is 0 Å². The molecule has 0 unspecified atom stereocenters. The summed E-state index contributed by atoms with van der Waals surface area (Å²) in [4.78, 5) is 4.01. The van der Waals surface area contributed by atoms with E-state index in [1.54, 1.807) is 35.4 Å². The highest BCUT2D eigenvalue weighted by Crippen LogP contribution is 2.23. The lowest BCUT2D eigenvalue weighted by Gasteiger charge is -2.14. The minimum Gasteiger partial charge on any atom is -0.386 e. The SMILES string of the molecule is O[C@@H](Cn1nccc1-c1ccncc1)c1cccc(Cl)c1. The number of hydrogen-bond donors (Lipinski definition) is 1. The van der Waals surface area contributed by atoms with Gasteiger partial charge < -0.3 is 5.11 Å². The molecular weight excluding hydrogens is 286 g/mol. The van der Waals surface area contributed by atoms with E-state index in [0.29, 0.717) is 11.6 Å². The van der Waals surface area contributed by atoms with Gasteiger partial charge in [0.2, 0.25) is 0 Å². The van der Waals surface area contributed by atoms with Crippen LogP contribution < -0.4 is 0 Å². The summed E-state index contributed by atoms with van der Waals surface area (Å²) < 4.78 is 1.78. The molecule has 0 saturated carbocycles. The normalized spacial score (nSPS) is 12.3. The average Bonchev–Trinajstić information content (AvgIpc) is 2.96. The van der Waals surface area contributed by atoms with E-state index < -0.39 is 6.10 Å². The van der Waals surface area contributed by atoms with Crippen LogP contribution in [0.2, 0.25) is 5.02 Å².